The number of nitrogens with one attached hydrogen (secondary N) is 2. The van der Waals surface area contributed by atoms with Crippen LogP contribution in [0.15, 0.2) is 41.6 Å². The Bertz CT molecular complexity index is 702. The maximum Gasteiger partial charge on any atom is 0.339 e. The molecule has 0 aliphatic heterocycles. The minimum Gasteiger partial charge on any atom is -0.350 e. The Morgan fingerprint density at radius 1 is 1.23 bits per heavy atom. The molecule has 2 amide bonds. The second-order valence-corrected chi connectivity index (χ2v) is 5.56. The van der Waals surface area contributed by atoms with Gasteiger partial charge in [-0.2, -0.15) is 5.10 Å². The number of hydrogen-bond donors (Lipinski definition) is 2. The van der Waals surface area contributed by atoms with Crippen LogP contribution in [-0.4, -0.2) is 16.8 Å². The molecule has 114 valence electrons. The van der Waals surface area contributed by atoms with E-state index in [0.29, 0.717) is 0 Å². The molecule has 0 saturated heterocycles. The number of hydrazone groups is 1. The number of aromatic nitrogens is 1. The van der Waals surface area contributed by atoms with E-state index in [1.807, 2.05) is 36.0 Å². The standard InChI is InChI=1S/C17H20N4O/c1-21-10-4-7-16(21)12-18-20-17(22)19-15-9-8-13-5-2-3-6-14(13)11-15/h4,7-12H,2-3,5-6H2,1H3,(H2,19,20,22)/b18-12+. The summed E-state index contributed by atoms with van der Waals surface area (Å²) in [7, 11) is 1.93. The number of anilines is 1. The van der Waals surface area contributed by atoms with E-state index in [4.69, 9.17) is 0 Å². The number of aryl methyl sites for hydroxylation is 3. The van der Waals surface area contributed by atoms with Gasteiger partial charge in [0.05, 0.1) is 11.9 Å². The second-order valence-electron chi connectivity index (χ2n) is 5.56. The summed E-state index contributed by atoms with van der Waals surface area (Å²) >= 11 is 0. The first-order chi connectivity index (χ1) is 10.7. The monoisotopic (exact) mass is 296 g/mol. The number of urea groups is 1. The van der Waals surface area contributed by atoms with Crippen LogP contribution in [0.5, 0.6) is 0 Å². The molecule has 0 spiro atoms. The highest BCUT2D eigenvalue weighted by molar-refractivity contribution is 5.90. The van der Waals surface area contributed by atoms with Gasteiger partial charge in [-0.3, -0.25) is 0 Å². The molecule has 1 aromatic heterocycles. The molecule has 1 aromatic carbocycles. The summed E-state index contributed by atoms with van der Waals surface area (Å²) in [6.45, 7) is 0. The summed E-state index contributed by atoms with van der Waals surface area (Å²) in [5, 5.41) is 6.77. The lowest BCUT2D eigenvalue weighted by atomic mass is 9.91. The number of benzene rings is 1. The molecule has 5 nitrogen and oxygen atoms in total. The molecular weight excluding hydrogens is 276 g/mol. The van der Waals surface area contributed by atoms with Gasteiger partial charge in [-0.25, -0.2) is 10.2 Å². The summed E-state index contributed by atoms with van der Waals surface area (Å²) in [5.74, 6) is 0. The molecule has 1 aliphatic rings. The molecule has 22 heavy (non-hydrogen) atoms. The van der Waals surface area contributed by atoms with Gasteiger partial charge in [-0.15, -0.1) is 0 Å². The molecule has 2 aromatic rings. The maximum absolute atomic E-state index is 11.9. The molecule has 2 N–H and O–H groups in total. The highest BCUT2D eigenvalue weighted by Crippen LogP contribution is 2.24. The zero-order valence-electron chi connectivity index (χ0n) is 12.7. The number of fused-ring (bicyclic) bond motifs is 1. The number of nitrogens with zero attached hydrogens (tertiary/aromatic N) is 2. The summed E-state index contributed by atoms with van der Waals surface area (Å²) in [4.78, 5) is 11.9. The molecule has 0 atom stereocenters. The lowest BCUT2D eigenvalue weighted by Gasteiger charge is -2.16. The fourth-order valence-electron chi connectivity index (χ4n) is 2.74. The van der Waals surface area contributed by atoms with Crippen molar-refractivity contribution in [1.29, 1.82) is 0 Å². The van der Waals surface area contributed by atoms with E-state index in [1.165, 1.54) is 24.0 Å². The van der Waals surface area contributed by atoms with Gasteiger partial charge in [-0.05, 0) is 61.1 Å². The topological polar surface area (TPSA) is 58.4 Å². The lowest BCUT2D eigenvalue weighted by Crippen LogP contribution is -2.24. The molecule has 1 aliphatic carbocycles. The van der Waals surface area contributed by atoms with Crippen LogP contribution in [0, 0.1) is 0 Å². The predicted molar refractivity (Wildman–Crippen MR) is 88.2 cm³/mol. The first-order valence-electron chi connectivity index (χ1n) is 7.55. The van der Waals surface area contributed by atoms with E-state index in [9.17, 15) is 4.79 Å². The van der Waals surface area contributed by atoms with Crippen LogP contribution >= 0.6 is 0 Å². The average molecular weight is 296 g/mol. The molecule has 1 heterocycles. The molecule has 3 rings (SSSR count). The van der Waals surface area contributed by atoms with Crippen LogP contribution in [0.4, 0.5) is 10.5 Å². The number of amides is 2. The van der Waals surface area contributed by atoms with Crippen LogP contribution in [0.2, 0.25) is 0 Å². The molecular formula is C17H20N4O. The van der Waals surface area contributed by atoms with Crippen LogP contribution in [0.3, 0.4) is 0 Å². The Kier molecular flexibility index (Phi) is 4.23. The average Bonchev–Trinajstić information content (AvgIpc) is 2.92. The minimum atomic E-state index is -0.332. The highest BCUT2D eigenvalue weighted by atomic mass is 16.2. The minimum absolute atomic E-state index is 0.332. The Labute approximate surface area is 130 Å². The molecule has 0 radical (unpaired) electrons. The molecule has 0 bridgehead atoms. The maximum atomic E-state index is 11.9. The summed E-state index contributed by atoms with van der Waals surface area (Å²) in [6.07, 6.45) is 8.26. The Hall–Kier alpha value is -2.56. The normalized spacial score (nSPS) is 13.9. The predicted octanol–water partition coefficient (Wildman–Crippen LogP) is 3.06. The van der Waals surface area contributed by atoms with Gasteiger partial charge >= 0.3 is 6.03 Å². The smallest absolute Gasteiger partial charge is 0.339 e. The van der Waals surface area contributed by atoms with Crippen molar-refractivity contribution in [3.63, 3.8) is 0 Å². The summed E-state index contributed by atoms with van der Waals surface area (Å²) in [5.41, 5.74) is 6.97. The van der Waals surface area contributed by atoms with E-state index in [0.717, 1.165) is 24.2 Å². The van der Waals surface area contributed by atoms with Crippen LogP contribution in [0.25, 0.3) is 0 Å². The number of hydrogen-bond acceptors (Lipinski definition) is 2. The van der Waals surface area contributed by atoms with Crippen LogP contribution < -0.4 is 10.7 Å². The van der Waals surface area contributed by atoms with Crippen molar-refractivity contribution in [3.05, 3.63) is 53.3 Å². The second kappa shape index (κ2) is 6.47. The van der Waals surface area contributed by atoms with Gasteiger partial charge in [0.1, 0.15) is 0 Å². The van der Waals surface area contributed by atoms with Gasteiger partial charge in [0, 0.05) is 18.9 Å². The van der Waals surface area contributed by atoms with Crippen molar-refractivity contribution in [2.45, 2.75) is 25.7 Å². The molecule has 0 unspecified atom stereocenters. The van der Waals surface area contributed by atoms with E-state index in [1.54, 1.807) is 6.21 Å². The van der Waals surface area contributed by atoms with E-state index >= 15 is 0 Å². The Morgan fingerprint density at radius 2 is 2.05 bits per heavy atom. The zero-order chi connectivity index (χ0) is 15.4. The third-order valence-corrected chi connectivity index (χ3v) is 3.95. The quantitative estimate of drug-likeness (QED) is 0.664. The fraction of sp³-hybridized carbons (Fsp3) is 0.294. The SMILES string of the molecule is Cn1cccc1/C=N/NC(=O)Nc1ccc2c(c1)CCCC2. The lowest BCUT2D eigenvalue weighted by molar-refractivity contribution is 0.252. The van der Waals surface area contributed by atoms with Gasteiger partial charge in [-0.1, -0.05) is 6.07 Å². The van der Waals surface area contributed by atoms with Crippen molar-refractivity contribution < 1.29 is 4.79 Å². The number of carbonyl (C=O) groups is 1. The zero-order valence-corrected chi connectivity index (χ0v) is 12.7. The van der Waals surface area contributed by atoms with E-state index in [2.05, 4.69) is 28.0 Å². The molecule has 5 heteroatoms. The van der Waals surface area contributed by atoms with Crippen LogP contribution in [-0.2, 0) is 19.9 Å². The third-order valence-electron chi connectivity index (χ3n) is 3.95. The van der Waals surface area contributed by atoms with Crippen molar-refractivity contribution in [2.24, 2.45) is 12.1 Å². The first-order valence-corrected chi connectivity index (χ1v) is 7.55. The van der Waals surface area contributed by atoms with Crippen molar-refractivity contribution in [3.8, 4) is 0 Å². The van der Waals surface area contributed by atoms with Crippen molar-refractivity contribution >= 4 is 17.9 Å². The van der Waals surface area contributed by atoms with Gasteiger partial charge in [0.15, 0.2) is 0 Å². The summed E-state index contributed by atoms with van der Waals surface area (Å²) in [6, 6.07) is 9.64. The molecule has 0 saturated carbocycles. The Morgan fingerprint density at radius 3 is 2.82 bits per heavy atom. The fourth-order valence-corrected chi connectivity index (χ4v) is 2.74. The van der Waals surface area contributed by atoms with Crippen LogP contribution in [0.1, 0.15) is 29.7 Å². The van der Waals surface area contributed by atoms with E-state index < -0.39 is 0 Å². The summed E-state index contributed by atoms with van der Waals surface area (Å²) < 4.78 is 1.92. The number of carbonyl (C=O) groups excluding carboxylic acids is 1. The Balaban J connectivity index is 1.58. The first kappa shape index (κ1) is 14.4. The van der Waals surface area contributed by atoms with E-state index in [-0.39, 0.29) is 6.03 Å². The van der Waals surface area contributed by atoms with Crippen molar-refractivity contribution in [2.75, 3.05) is 5.32 Å². The van der Waals surface area contributed by atoms with Gasteiger partial charge < -0.3 is 9.88 Å². The van der Waals surface area contributed by atoms with Gasteiger partial charge in [0.25, 0.3) is 0 Å². The van der Waals surface area contributed by atoms with Crippen molar-refractivity contribution in [1.82, 2.24) is 9.99 Å². The molecule has 0 fully saturated rings. The third kappa shape index (κ3) is 3.36. The highest BCUT2D eigenvalue weighted by Gasteiger charge is 2.10. The largest absolute Gasteiger partial charge is 0.350 e. The number of rotatable bonds is 3. The van der Waals surface area contributed by atoms with Gasteiger partial charge in [0.2, 0.25) is 0 Å².